The molecular formula is NiO4PS. The van der Waals surface area contributed by atoms with Gasteiger partial charge in [-0.1, -0.05) is 0 Å². The molecule has 0 aliphatic heterocycles. The molecule has 0 aromatic heterocycles. The summed E-state index contributed by atoms with van der Waals surface area (Å²) in [7, 11) is -1.68. The average Bonchev–Trinajstić information content (AvgIpc) is 1.36. The summed E-state index contributed by atoms with van der Waals surface area (Å²) in [5.41, 5.74) is 0. The van der Waals surface area contributed by atoms with Crippen molar-refractivity contribution in [2.75, 3.05) is 0 Å². The summed E-state index contributed by atoms with van der Waals surface area (Å²) in [6, 6.07) is 0. The predicted octanol–water partition coefficient (Wildman–Crippen LogP) is -2.18. The van der Waals surface area contributed by atoms with Gasteiger partial charge in [0.1, 0.15) is 0 Å². The van der Waals surface area contributed by atoms with Gasteiger partial charge in [0, 0.05) is 0 Å². The first-order valence-electron chi connectivity index (χ1n) is 0.859. The van der Waals surface area contributed by atoms with Crippen LogP contribution in [0, 0.1) is 0 Å². The minimum atomic E-state index is -5.39. The maximum atomic E-state index is 8.55. The Bertz CT molecular complexity index is 67.5. The van der Waals surface area contributed by atoms with Crippen molar-refractivity contribution in [3.05, 3.63) is 0 Å². The Kier molecular flexibility index (Phi) is 7.63. The van der Waals surface area contributed by atoms with Crippen molar-refractivity contribution in [3.8, 4) is 0 Å². The Morgan fingerprint density at radius 2 is 1.29 bits per heavy atom. The SMILES string of the molecule is O=P([O-])([O-])[O-].[S]=[Ni+3]. The van der Waals surface area contributed by atoms with E-state index in [0.717, 1.165) is 0 Å². The molecule has 7 heteroatoms. The second-order valence-electron chi connectivity index (χ2n) is 0.447. The fraction of sp³-hybridized carbons (Fsp3) is 0. The first-order valence-corrected chi connectivity index (χ1v) is 3.79. The van der Waals surface area contributed by atoms with Crippen molar-refractivity contribution >= 4 is 18.5 Å². The Morgan fingerprint density at radius 3 is 1.29 bits per heavy atom. The molecule has 0 spiro atoms. The van der Waals surface area contributed by atoms with Crippen LogP contribution in [0.3, 0.4) is 0 Å². The van der Waals surface area contributed by atoms with Crippen LogP contribution in [-0.2, 0) is 18.4 Å². The molecule has 0 bridgehead atoms. The molecule has 0 radical (unpaired) electrons. The van der Waals surface area contributed by atoms with E-state index in [2.05, 4.69) is 24.5 Å². The van der Waals surface area contributed by atoms with Gasteiger partial charge in [-0.05, 0) is 0 Å². The van der Waals surface area contributed by atoms with Crippen LogP contribution >= 0.6 is 18.5 Å². The molecule has 0 heterocycles. The van der Waals surface area contributed by atoms with Crippen molar-refractivity contribution in [3.63, 3.8) is 0 Å². The molecule has 0 rings (SSSR count). The van der Waals surface area contributed by atoms with Crippen LogP contribution in [0.5, 0.6) is 0 Å². The normalized spacial score (nSPS) is 9.00. The summed E-state index contributed by atoms with van der Waals surface area (Å²) < 4.78 is 8.55. The van der Waals surface area contributed by atoms with Gasteiger partial charge in [-0.2, -0.15) is 7.82 Å². The van der Waals surface area contributed by atoms with E-state index in [1.54, 1.807) is 0 Å². The molecular weight excluding hydrogens is 186 g/mol. The van der Waals surface area contributed by atoms with E-state index in [1.165, 1.54) is 0 Å². The van der Waals surface area contributed by atoms with E-state index in [9.17, 15) is 0 Å². The molecule has 0 fully saturated rings. The van der Waals surface area contributed by atoms with Gasteiger partial charge in [0.25, 0.3) is 0 Å². The van der Waals surface area contributed by atoms with Crippen LogP contribution in [0.25, 0.3) is 0 Å². The van der Waals surface area contributed by atoms with Crippen LogP contribution in [0.4, 0.5) is 0 Å². The van der Waals surface area contributed by atoms with Gasteiger partial charge in [-0.3, -0.25) is 0 Å². The Hall–Kier alpha value is 0.824. The van der Waals surface area contributed by atoms with Gasteiger partial charge in [0.15, 0.2) is 0 Å². The number of hydrogen-bond acceptors (Lipinski definition) is 5. The Balaban J connectivity index is 0. The molecule has 0 unspecified atom stereocenters. The van der Waals surface area contributed by atoms with Gasteiger partial charge < -0.3 is 19.2 Å². The quantitative estimate of drug-likeness (QED) is 0.317. The molecule has 0 amide bonds. The van der Waals surface area contributed by atoms with E-state index in [4.69, 9.17) is 19.2 Å². The van der Waals surface area contributed by atoms with Crippen molar-refractivity contribution in [2.45, 2.75) is 0 Å². The van der Waals surface area contributed by atoms with Gasteiger partial charge in [0.05, 0.1) is 0 Å². The topological polar surface area (TPSA) is 86.2 Å². The average molecular weight is 186 g/mol. The fourth-order valence-electron chi connectivity index (χ4n) is 0. The second-order valence-corrected chi connectivity index (χ2v) is 1.34. The summed E-state index contributed by atoms with van der Waals surface area (Å²) in [6.45, 7) is 0. The van der Waals surface area contributed by atoms with Gasteiger partial charge >= 0.3 is 24.5 Å². The van der Waals surface area contributed by atoms with Crippen molar-refractivity contribution in [1.29, 1.82) is 0 Å². The molecule has 0 N–H and O–H groups in total. The maximum absolute atomic E-state index is 8.55. The van der Waals surface area contributed by atoms with E-state index in [-0.39, 0.29) is 0 Å². The molecule has 0 aromatic carbocycles. The first-order chi connectivity index (χ1) is 3.00. The van der Waals surface area contributed by atoms with Crippen LogP contribution in [-0.4, -0.2) is 0 Å². The number of phosphoric acid groups is 1. The van der Waals surface area contributed by atoms with Gasteiger partial charge in [-0.15, -0.1) is 0 Å². The monoisotopic (exact) mass is 185 g/mol. The summed E-state index contributed by atoms with van der Waals surface area (Å²) in [4.78, 5) is 25.6. The molecule has 0 atom stereocenters. The summed E-state index contributed by atoms with van der Waals surface area (Å²) >= 11 is 3.46. The molecule has 0 aliphatic carbocycles. The van der Waals surface area contributed by atoms with Crippen LogP contribution in [0.1, 0.15) is 0 Å². The van der Waals surface area contributed by atoms with Crippen molar-refractivity contribution in [1.82, 2.24) is 0 Å². The van der Waals surface area contributed by atoms with E-state index >= 15 is 0 Å². The predicted molar refractivity (Wildman–Crippen MR) is 15.2 cm³/mol. The van der Waals surface area contributed by atoms with Crippen LogP contribution < -0.4 is 14.7 Å². The minimum absolute atomic E-state index is 3.46. The number of hydrogen-bond donors (Lipinski definition) is 0. The Labute approximate surface area is 52.1 Å². The van der Waals surface area contributed by atoms with Gasteiger partial charge in [-0.25, -0.2) is 0 Å². The molecule has 0 saturated carbocycles. The summed E-state index contributed by atoms with van der Waals surface area (Å²) in [5.74, 6) is 0. The summed E-state index contributed by atoms with van der Waals surface area (Å²) in [5, 5.41) is 0. The molecule has 0 aliphatic rings. The third-order valence-electron chi connectivity index (χ3n) is 0. The van der Waals surface area contributed by atoms with E-state index in [1.807, 2.05) is 0 Å². The molecule has 0 aromatic rings. The zero-order chi connectivity index (χ0) is 6.50. The third kappa shape index (κ3) is 234. The van der Waals surface area contributed by atoms with Crippen molar-refractivity contribution in [2.24, 2.45) is 0 Å². The standard InChI is InChI=1S/Ni.H3O4P.S/c;1-5(2,3)4;/h;(H3,1,2,3,4);/q+3;;/p-3. The summed E-state index contributed by atoms with van der Waals surface area (Å²) in [6.07, 6.45) is 0. The van der Waals surface area contributed by atoms with Gasteiger partial charge in [0.2, 0.25) is 0 Å². The molecule has 7 heavy (non-hydrogen) atoms. The Morgan fingerprint density at radius 1 is 1.29 bits per heavy atom. The fourth-order valence-corrected chi connectivity index (χ4v) is 0. The third-order valence-corrected chi connectivity index (χ3v) is 0. The first kappa shape index (κ1) is 10.7. The molecule has 0 saturated heterocycles. The zero-order valence-corrected chi connectivity index (χ0v) is 5.50. The zero-order valence-electron chi connectivity index (χ0n) is 2.80. The number of rotatable bonds is 0. The van der Waals surface area contributed by atoms with Crippen LogP contribution in [0.15, 0.2) is 0 Å². The van der Waals surface area contributed by atoms with Crippen molar-refractivity contribution < 1.29 is 33.1 Å². The van der Waals surface area contributed by atoms with E-state index < -0.39 is 7.82 Å². The van der Waals surface area contributed by atoms with Crippen LogP contribution in [0.2, 0.25) is 0 Å². The van der Waals surface area contributed by atoms with E-state index in [0.29, 0.717) is 0 Å². The second kappa shape index (κ2) is 4.97. The molecule has 45 valence electrons. The molecule has 4 nitrogen and oxygen atoms in total.